The van der Waals surface area contributed by atoms with E-state index in [-0.39, 0.29) is 0 Å². The van der Waals surface area contributed by atoms with Crippen molar-refractivity contribution >= 4 is 27.5 Å². The standard InChI is InChI=1S/C15H16N2O3S/c1-20-15-8-7-13(11-14(15)16)17-21(18,19)10-9-12-5-3-2-4-6-12/h2-11,17H,16H2,1H3/b10-9+. The van der Waals surface area contributed by atoms with E-state index in [9.17, 15) is 8.42 Å². The molecule has 0 aliphatic rings. The summed E-state index contributed by atoms with van der Waals surface area (Å²) in [6.07, 6.45) is 1.52. The summed E-state index contributed by atoms with van der Waals surface area (Å²) in [4.78, 5) is 0. The maximum Gasteiger partial charge on any atom is 0.255 e. The lowest BCUT2D eigenvalue weighted by atomic mass is 10.2. The zero-order chi connectivity index (χ0) is 15.3. The minimum atomic E-state index is -3.60. The first-order valence-corrected chi connectivity index (χ1v) is 7.74. The van der Waals surface area contributed by atoms with Crippen molar-refractivity contribution in [3.63, 3.8) is 0 Å². The zero-order valence-corrected chi connectivity index (χ0v) is 12.3. The maximum absolute atomic E-state index is 12.0. The van der Waals surface area contributed by atoms with Crippen LogP contribution in [0.5, 0.6) is 5.75 Å². The molecule has 0 aliphatic carbocycles. The number of methoxy groups -OCH3 is 1. The van der Waals surface area contributed by atoms with E-state index in [0.717, 1.165) is 11.0 Å². The number of hydrogen-bond acceptors (Lipinski definition) is 4. The van der Waals surface area contributed by atoms with Crippen LogP contribution in [-0.4, -0.2) is 15.5 Å². The summed E-state index contributed by atoms with van der Waals surface area (Å²) in [5.41, 5.74) is 7.29. The van der Waals surface area contributed by atoms with Gasteiger partial charge in [0.15, 0.2) is 0 Å². The van der Waals surface area contributed by atoms with Gasteiger partial charge in [0, 0.05) is 0 Å². The second kappa shape index (κ2) is 6.32. The van der Waals surface area contributed by atoms with Gasteiger partial charge >= 0.3 is 0 Å². The van der Waals surface area contributed by atoms with E-state index in [1.165, 1.54) is 19.3 Å². The second-order valence-electron chi connectivity index (χ2n) is 4.32. The summed E-state index contributed by atoms with van der Waals surface area (Å²) >= 11 is 0. The molecule has 21 heavy (non-hydrogen) atoms. The van der Waals surface area contributed by atoms with E-state index >= 15 is 0 Å². The molecular weight excluding hydrogens is 288 g/mol. The third-order valence-electron chi connectivity index (χ3n) is 2.73. The zero-order valence-electron chi connectivity index (χ0n) is 11.5. The third kappa shape index (κ3) is 4.25. The lowest BCUT2D eigenvalue weighted by Crippen LogP contribution is -2.09. The monoisotopic (exact) mass is 304 g/mol. The van der Waals surface area contributed by atoms with Crippen molar-refractivity contribution in [2.45, 2.75) is 0 Å². The van der Waals surface area contributed by atoms with Crippen LogP contribution in [-0.2, 0) is 10.0 Å². The molecule has 3 N–H and O–H groups in total. The van der Waals surface area contributed by atoms with Gasteiger partial charge in [-0.1, -0.05) is 30.3 Å². The highest BCUT2D eigenvalue weighted by Gasteiger charge is 2.07. The average Bonchev–Trinajstić information content (AvgIpc) is 2.46. The normalized spacial score (nSPS) is 11.5. The van der Waals surface area contributed by atoms with Crippen LogP contribution in [0, 0.1) is 0 Å². The van der Waals surface area contributed by atoms with Crippen molar-refractivity contribution in [2.24, 2.45) is 0 Å². The first kappa shape index (κ1) is 14.9. The smallest absolute Gasteiger partial charge is 0.255 e. The largest absolute Gasteiger partial charge is 0.495 e. The number of sulfonamides is 1. The van der Waals surface area contributed by atoms with E-state index in [0.29, 0.717) is 17.1 Å². The molecule has 0 atom stereocenters. The Labute approximate surface area is 124 Å². The Morgan fingerprint density at radius 3 is 2.48 bits per heavy atom. The fourth-order valence-electron chi connectivity index (χ4n) is 1.73. The van der Waals surface area contributed by atoms with Crippen LogP contribution in [0.15, 0.2) is 53.9 Å². The number of benzene rings is 2. The highest BCUT2D eigenvalue weighted by atomic mass is 32.2. The Balaban J connectivity index is 2.14. The van der Waals surface area contributed by atoms with Crippen LogP contribution >= 0.6 is 0 Å². The second-order valence-corrected chi connectivity index (χ2v) is 5.88. The van der Waals surface area contributed by atoms with E-state index in [4.69, 9.17) is 10.5 Å². The Kier molecular flexibility index (Phi) is 4.49. The van der Waals surface area contributed by atoms with Gasteiger partial charge in [-0.3, -0.25) is 4.72 Å². The number of nitrogens with one attached hydrogen (secondary N) is 1. The molecule has 2 aromatic rings. The SMILES string of the molecule is COc1ccc(NS(=O)(=O)/C=C/c2ccccc2)cc1N. The quantitative estimate of drug-likeness (QED) is 0.832. The predicted molar refractivity (Wildman–Crippen MR) is 85.4 cm³/mol. The van der Waals surface area contributed by atoms with Gasteiger partial charge in [-0.15, -0.1) is 0 Å². The van der Waals surface area contributed by atoms with Crippen molar-refractivity contribution < 1.29 is 13.2 Å². The van der Waals surface area contributed by atoms with Gasteiger partial charge in [0.1, 0.15) is 5.75 Å². The summed E-state index contributed by atoms with van der Waals surface area (Å²) < 4.78 is 31.4. The summed E-state index contributed by atoms with van der Waals surface area (Å²) in [6.45, 7) is 0. The van der Waals surface area contributed by atoms with E-state index in [1.54, 1.807) is 12.1 Å². The fourth-order valence-corrected chi connectivity index (χ4v) is 2.59. The molecule has 0 saturated heterocycles. The average molecular weight is 304 g/mol. The number of hydrogen-bond donors (Lipinski definition) is 2. The molecule has 0 fully saturated rings. The van der Waals surface area contributed by atoms with Gasteiger partial charge in [0.05, 0.1) is 23.9 Å². The van der Waals surface area contributed by atoms with Gasteiger partial charge in [-0.25, -0.2) is 8.42 Å². The minimum absolute atomic E-state index is 0.365. The Bertz CT molecular complexity index is 741. The molecule has 0 saturated carbocycles. The molecule has 0 amide bonds. The molecule has 5 nitrogen and oxygen atoms in total. The Hall–Kier alpha value is -2.47. The number of ether oxygens (including phenoxy) is 1. The topological polar surface area (TPSA) is 81.4 Å². The van der Waals surface area contributed by atoms with E-state index in [1.807, 2.05) is 30.3 Å². The van der Waals surface area contributed by atoms with Gasteiger partial charge < -0.3 is 10.5 Å². The molecule has 0 radical (unpaired) electrons. The molecule has 0 aliphatic heterocycles. The van der Waals surface area contributed by atoms with Gasteiger partial charge in [-0.05, 0) is 29.8 Å². The molecule has 110 valence electrons. The van der Waals surface area contributed by atoms with Crippen LogP contribution in [0.25, 0.3) is 6.08 Å². The molecule has 2 rings (SSSR count). The molecular formula is C15H16N2O3S. The summed E-state index contributed by atoms with van der Waals surface area (Å²) in [7, 11) is -2.10. The number of nitrogen functional groups attached to an aromatic ring is 1. The first-order chi connectivity index (χ1) is 10.00. The summed E-state index contributed by atoms with van der Waals surface area (Å²) in [5, 5.41) is 1.11. The van der Waals surface area contributed by atoms with Crippen molar-refractivity contribution in [3.05, 3.63) is 59.5 Å². The molecule has 0 bridgehead atoms. The summed E-state index contributed by atoms with van der Waals surface area (Å²) in [6, 6.07) is 13.9. The van der Waals surface area contributed by atoms with Crippen LogP contribution in [0.2, 0.25) is 0 Å². The molecule has 0 spiro atoms. The molecule has 0 heterocycles. The number of anilines is 2. The molecule has 0 aromatic heterocycles. The highest BCUT2D eigenvalue weighted by molar-refractivity contribution is 7.95. The molecule has 6 heteroatoms. The van der Waals surface area contributed by atoms with Crippen LogP contribution < -0.4 is 15.2 Å². The lowest BCUT2D eigenvalue weighted by molar-refractivity contribution is 0.417. The maximum atomic E-state index is 12.0. The van der Waals surface area contributed by atoms with Crippen molar-refractivity contribution in [3.8, 4) is 5.75 Å². The number of rotatable bonds is 5. The van der Waals surface area contributed by atoms with Crippen LogP contribution in [0.4, 0.5) is 11.4 Å². The van der Waals surface area contributed by atoms with Crippen molar-refractivity contribution in [2.75, 3.05) is 17.6 Å². The minimum Gasteiger partial charge on any atom is -0.495 e. The van der Waals surface area contributed by atoms with E-state index < -0.39 is 10.0 Å². The number of nitrogens with two attached hydrogens (primary N) is 1. The van der Waals surface area contributed by atoms with Gasteiger partial charge in [0.25, 0.3) is 10.0 Å². The van der Waals surface area contributed by atoms with Crippen molar-refractivity contribution in [1.29, 1.82) is 0 Å². The Morgan fingerprint density at radius 2 is 1.86 bits per heavy atom. The predicted octanol–water partition coefficient (Wildman–Crippen LogP) is 2.69. The van der Waals surface area contributed by atoms with E-state index in [2.05, 4.69) is 4.72 Å². The van der Waals surface area contributed by atoms with Crippen molar-refractivity contribution in [1.82, 2.24) is 0 Å². The van der Waals surface area contributed by atoms with Gasteiger partial charge in [0.2, 0.25) is 0 Å². The lowest BCUT2D eigenvalue weighted by Gasteiger charge is -2.08. The fraction of sp³-hybridized carbons (Fsp3) is 0.0667. The first-order valence-electron chi connectivity index (χ1n) is 6.19. The highest BCUT2D eigenvalue weighted by Crippen LogP contribution is 2.25. The molecule has 2 aromatic carbocycles. The Morgan fingerprint density at radius 1 is 1.14 bits per heavy atom. The van der Waals surface area contributed by atoms with Crippen LogP contribution in [0.1, 0.15) is 5.56 Å². The summed E-state index contributed by atoms with van der Waals surface area (Å²) in [5.74, 6) is 0.498. The third-order valence-corrected chi connectivity index (χ3v) is 3.74. The van der Waals surface area contributed by atoms with Crippen LogP contribution in [0.3, 0.4) is 0 Å². The van der Waals surface area contributed by atoms with Gasteiger partial charge in [-0.2, -0.15) is 0 Å². The molecule has 0 unspecified atom stereocenters.